The number of nitrogen functional groups attached to an aromatic ring is 1. The number of ether oxygens (including phenoxy) is 1. The van der Waals surface area contributed by atoms with Crippen molar-refractivity contribution in [3.05, 3.63) is 76.1 Å². The number of para-hydroxylation sites is 1. The van der Waals surface area contributed by atoms with Gasteiger partial charge in [-0.3, -0.25) is 15.0 Å². The van der Waals surface area contributed by atoms with Crippen LogP contribution in [0.5, 0.6) is 0 Å². The van der Waals surface area contributed by atoms with Gasteiger partial charge in [-0.15, -0.1) is 0 Å². The van der Waals surface area contributed by atoms with Gasteiger partial charge in [0.2, 0.25) is 11.9 Å². The number of nitro benzene ring substituents is 1. The zero-order chi connectivity index (χ0) is 20.8. The van der Waals surface area contributed by atoms with Gasteiger partial charge in [0.05, 0.1) is 10.5 Å². The molecule has 148 valence electrons. The maximum absolute atomic E-state index is 12.1. The summed E-state index contributed by atoms with van der Waals surface area (Å²) in [5, 5.41) is 20.4. The first-order valence-corrected chi connectivity index (χ1v) is 8.33. The van der Waals surface area contributed by atoms with Crippen LogP contribution in [-0.2, 0) is 11.3 Å². The number of carbonyl (C=O) groups is 1. The number of carbonyl (C=O) groups excluding carboxylic acids is 1. The van der Waals surface area contributed by atoms with Crippen molar-refractivity contribution >= 4 is 29.2 Å². The summed E-state index contributed by atoms with van der Waals surface area (Å²) in [5.74, 6) is -0.641. The summed E-state index contributed by atoms with van der Waals surface area (Å²) >= 11 is 0. The Hall–Kier alpha value is -4.12. The second-order valence-corrected chi connectivity index (χ2v) is 5.69. The number of aliphatic hydroxyl groups excluding tert-OH is 1. The Kier molecular flexibility index (Phi) is 5.90. The van der Waals surface area contributed by atoms with Crippen LogP contribution in [0, 0.1) is 10.1 Å². The van der Waals surface area contributed by atoms with E-state index in [0.29, 0.717) is 5.69 Å². The van der Waals surface area contributed by atoms with Gasteiger partial charge >= 0.3 is 5.97 Å². The van der Waals surface area contributed by atoms with E-state index in [1.807, 2.05) is 6.07 Å². The van der Waals surface area contributed by atoms with E-state index in [4.69, 9.17) is 10.5 Å². The molecule has 11 heteroatoms. The number of hydrogen-bond acceptors (Lipinski definition) is 10. The van der Waals surface area contributed by atoms with Crippen LogP contribution in [0.3, 0.4) is 0 Å². The normalized spacial score (nSPS) is 10.4. The SMILES string of the molecule is Nc1nc(COC(=O)c2ccc([N+](=O)[O-])cc2)nc(N(CO)c2ccccc2)n1. The molecule has 0 radical (unpaired) electrons. The number of anilines is 3. The van der Waals surface area contributed by atoms with Gasteiger partial charge < -0.3 is 15.6 Å². The summed E-state index contributed by atoms with van der Waals surface area (Å²) in [4.78, 5) is 35.8. The fourth-order valence-electron chi connectivity index (χ4n) is 2.41. The molecule has 1 aromatic heterocycles. The molecule has 0 aliphatic carbocycles. The van der Waals surface area contributed by atoms with Crippen LogP contribution < -0.4 is 10.6 Å². The quantitative estimate of drug-likeness (QED) is 0.261. The monoisotopic (exact) mass is 396 g/mol. The Labute approximate surface area is 164 Å². The van der Waals surface area contributed by atoms with Gasteiger partial charge in [-0.1, -0.05) is 18.2 Å². The molecule has 1 heterocycles. The molecule has 3 rings (SSSR count). The van der Waals surface area contributed by atoms with Crippen LogP contribution in [0.2, 0.25) is 0 Å². The first-order chi connectivity index (χ1) is 14.0. The standard InChI is InChI=1S/C18H16N6O5/c19-17-20-15(10-29-16(26)12-6-8-14(9-7-12)24(27)28)21-18(22-17)23(11-25)13-4-2-1-3-5-13/h1-9,25H,10-11H2,(H2,19,20,21,22). The van der Waals surface area contributed by atoms with Crippen LogP contribution >= 0.6 is 0 Å². The summed E-state index contributed by atoms with van der Waals surface area (Å²) in [5.41, 5.74) is 6.35. The van der Waals surface area contributed by atoms with Gasteiger partial charge in [0.1, 0.15) is 6.73 Å². The average Bonchev–Trinajstić information content (AvgIpc) is 2.73. The number of rotatable bonds is 7. The number of benzene rings is 2. The minimum Gasteiger partial charge on any atom is -0.454 e. The predicted molar refractivity (Wildman–Crippen MR) is 102 cm³/mol. The molecule has 0 bridgehead atoms. The van der Waals surface area contributed by atoms with Crippen molar-refractivity contribution in [1.82, 2.24) is 15.0 Å². The molecular weight excluding hydrogens is 380 g/mol. The molecule has 0 fully saturated rings. The van der Waals surface area contributed by atoms with Gasteiger partial charge in [0, 0.05) is 17.8 Å². The molecule has 0 saturated heterocycles. The number of aromatic nitrogens is 3. The predicted octanol–water partition coefficient (Wildman–Crippen LogP) is 1.81. The summed E-state index contributed by atoms with van der Waals surface area (Å²) in [6.45, 7) is -0.709. The topological polar surface area (TPSA) is 158 Å². The van der Waals surface area contributed by atoms with Crippen LogP contribution in [0.15, 0.2) is 54.6 Å². The van der Waals surface area contributed by atoms with E-state index in [2.05, 4.69) is 15.0 Å². The Morgan fingerprint density at radius 2 is 1.79 bits per heavy atom. The smallest absolute Gasteiger partial charge is 0.338 e. The summed E-state index contributed by atoms with van der Waals surface area (Å²) in [7, 11) is 0. The lowest BCUT2D eigenvalue weighted by atomic mass is 10.2. The summed E-state index contributed by atoms with van der Waals surface area (Å²) in [6.07, 6.45) is 0. The van der Waals surface area contributed by atoms with E-state index in [-0.39, 0.29) is 35.6 Å². The first-order valence-electron chi connectivity index (χ1n) is 8.33. The van der Waals surface area contributed by atoms with E-state index in [0.717, 1.165) is 0 Å². The number of nitrogens with two attached hydrogens (primary N) is 1. The highest BCUT2D eigenvalue weighted by molar-refractivity contribution is 5.89. The summed E-state index contributed by atoms with van der Waals surface area (Å²) < 4.78 is 5.15. The molecule has 0 atom stereocenters. The molecular formula is C18H16N6O5. The molecule has 3 aromatic rings. The van der Waals surface area contributed by atoms with Crippen molar-refractivity contribution in [2.24, 2.45) is 0 Å². The molecule has 0 amide bonds. The minimum absolute atomic E-state index is 0.0807. The minimum atomic E-state index is -0.706. The molecule has 0 spiro atoms. The van der Waals surface area contributed by atoms with E-state index in [1.165, 1.54) is 29.2 Å². The molecule has 29 heavy (non-hydrogen) atoms. The van der Waals surface area contributed by atoms with Crippen molar-refractivity contribution in [3.8, 4) is 0 Å². The zero-order valence-electron chi connectivity index (χ0n) is 15.0. The summed E-state index contributed by atoms with van der Waals surface area (Å²) in [6, 6.07) is 13.9. The fourth-order valence-corrected chi connectivity index (χ4v) is 2.41. The lowest BCUT2D eigenvalue weighted by Gasteiger charge is -2.20. The van der Waals surface area contributed by atoms with Crippen LogP contribution in [-0.4, -0.2) is 37.7 Å². The van der Waals surface area contributed by atoms with E-state index >= 15 is 0 Å². The second-order valence-electron chi connectivity index (χ2n) is 5.69. The molecule has 0 aliphatic rings. The number of esters is 1. The van der Waals surface area contributed by atoms with E-state index in [9.17, 15) is 20.0 Å². The van der Waals surface area contributed by atoms with Crippen molar-refractivity contribution < 1.29 is 19.6 Å². The molecule has 11 nitrogen and oxygen atoms in total. The zero-order valence-corrected chi connectivity index (χ0v) is 15.0. The highest BCUT2D eigenvalue weighted by Crippen LogP contribution is 2.21. The molecule has 3 N–H and O–H groups in total. The Balaban J connectivity index is 1.74. The third kappa shape index (κ3) is 4.78. The fraction of sp³-hybridized carbons (Fsp3) is 0.111. The second kappa shape index (κ2) is 8.71. The number of hydrogen-bond donors (Lipinski definition) is 2. The molecule has 0 aliphatic heterocycles. The Morgan fingerprint density at radius 3 is 2.41 bits per heavy atom. The lowest BCUT2D eigenvalue weighted by molar-refractivity contribution is -0.384. The van der Waals surface area contributed by atoms with Crippen molar-refractivity contribution in [3.63, 3.8) is 0 Å². The third-order valence-corrected chi connectivity index (χ3v) is 3.78. The largest absolute Gasteiger partial charge is 0.454 e. The Morgan fingerprint density at radius 1 is 1.10 bits per heavy atom. The number of nitro groups is 1. The Bertz CT molecular complexity index is 1010. The van der Waals surface area contributed by atoms with Crippen molar-refractivity contribution in [2.45, 2.75) is 6.61 Å². The first kappa shape index (κ1) is 19.6. The average molecular weight is 396 g/mol. The van der Waals surface area contributed by atoms with Crippen LogP contribution in [0.1, 0.15) is 16.2 Å². The lowest BCUT2D eigenvalue weighted by Crippen LogP contribution is -2.22. The maximum Gasteiger partial charge on any atom is 0.338 e. The highest BCUT2D eigenvalue weighted by Gasteiger charge is 2.16. The van der Waals surface area contributed by atoms with Crippen LogP contribution in [0.25, 0.3) is 0 Å². The number of aliphatic hydroxyl groups is 1. The van der Waals surface area contributed by atoms with E-state index < -0.39 is 17.6 Å². The van der Waals surface area contributed by atoms with Gasteiger partial charge in [-0.2, -0.15) is 15.0 Å². The van der Waals surface area contributed by atoms with Gasteiger partial charge in [-0.05, 0) is 24.3 Å². The number of nitrogens with zero attached hydrogens (tertiary/aromatic N) is 5. The van der Waals surface area contributed by atoms with Crippen molar-refractivity contribution in [1.29, 1.82) is 0 Å². The van der Waals surface area contributed by atoms with Gasteiger partial charge in [0.25, 0.3) is 5.69 Å². The molecule has 0 saturated carbocycles. The third-order valence-electron chi connectivity index (χ3n) is 3.78. The molecule has 2 aromatic carbocycles. The molecule has 0 unspecified atom stereocenters. The maximum atomic E-state index is 12.1. The van der Waals surface area contributed by atoms with Gasteiger partial charge in [-0.25, -0.2) is 4.79 Å². The van der Waals surface area contributed by atoms with Gasteiger partial charge in [0.15, 0.2) is 12.4 Å². The van der Waals surface area contributed by atoms with E-state index in [1.54, 1.807) is 24.3 Å². The number of non-ortho nitro benzene ring substituents is 1. The van der Waals surface area contributed by atoms with Crippen LogP contribution in [0.4, 0.5) is 23.3 Å². The highest BCUT2D eigenvalue weighted by atomic mass is 16.6. The van der Waals surface area contributed by atoms with Crippen molar-refractivity contribution in [2.75, 3.05) is 17.4 Å².